The van der Waals surface area contributed by atoms with E-state index in [4.69, 9.17) is 0 Å². The van der Waals surface area contributed by atoms with Gasteiger partial charge in [0.2, 0.25) is 5.91 Å². The summed E-state index contributed by atoms with van der Waals surface area (Å²) in [6.07, 6.45) is 5.85. The van der Waals surface area contributed by atoms with Crippen LogP contribution in [0, 0.1) is 6.92 Å². The summed E-state index contributed by atoms with van der Waals surface area (Å²) in [4.78, 5) is 41.0. The Kier molecular flexibility index (Phi) is 5.32. The Labute approximate surface area is 175 Å². The molecule has 0 bridgehead atoms. The highest BCUT2D eigenvalue weighted by Crippen LogP contribution is 2.39. The highest BCUT2D eigenvalue weighted by Gasteiger charge is 2.55. The van der Waals surface area contributed by atoms with Crippen molar-refractivity contribution in [2.45, 2.75) is 51.1 Å². The molecule has 2 aromatic rings. The van der Waals surface area contributed by atoms with E-state index in [0.29, 0.717) is 25.2 Å². The number of imide groups is 1. The molecule has 1 N–H and O–H groups in total. The molecule has 0 atom stereocenters. The molecule has 2 heterocycles. The van der Waals surface area contributed by atoms with Gasteiger partial charge in [-0.2, -0.15) is 5.10 Å². The van der Waals surface area contributed by atoms with Crippen molar-refractivity contribution in [3.63, 3.8) is 0 Å². The number of carbonyl (C=O) groups is 3. The van der Waals surface area contributed by atoms with Gasteiger partial charge in [0, 0.05) is 13.1 Å². The Morgan fingerprint density at radius 2 is 1.93 bits per heavy atom. The maximum atomic E-state index is 13.0. The summed E-state index contributed by atoms with van der Waals surface area (Å²) >= 11 is 0. The third-order valence-corrected chi connectivity index (χ3v) is 6.18. The Bertz CT molecular complexity index is 977. The average molecular weight is 409 g/mol. The molecule has 4 amide bonds. The molecule has 1 aromatic heterocycles. The van der Waals surface area contributed by atoms with Crippen molar-refractivity contribution in [3.05, 3.63) is 47.7 Å². The van der Waals surface area contributed by atoms with Crippen molar-refractivity contribution < 1.29 is 14.4 Å². The minimum atomic E-state index is -0.775. The molecule has 2 fully saturated rings. The van der Waals surface area contributed by atoms with Gasteiger partial charge in [-0.05, 0) is 25.3 Å². The van der Waals surface area contributed by atoms with Crippen LogP contribution in [0.3, 0.4) is 0 Å². The lowest BCUT2D eigenvalue weighted by Crippen LogP contribution is -2.49. The van der Waals surface area contributed by atoms with Crippen LogP contribution in [0.2, 0.25) is 0 Å². The van der Waals surface area contributed by atoms with Crippen LogP contribution in [0.15, 0.2) is 36.5 Å². The third-order valence-electron chi connectivity index (χ3n) is 6.18. The van der Waals surface area contributed by atoms with Crippen molar-refractivity contribution in [2.75, 3.05) is 18.9 Å². The number of aryl methyl sites for hydroxylation is 1. The number of anilines is 1. The van der Waals surface area contributed by atoms with Crippen LogP contribution in [-0.2, 0) is 16.1 Å². The summed E-state index contributed by atoms with van der Waals surface area (Å²) in [7, 11) is 1.67. The maximum absolute atomic E-state index is 13.0. The van der Waals surface area contributed by atoms with Crippen molar-refractivity contribution in [2.24, 2.45) is 0 Å². The van der Waals surface area contributed by atoms with Crippen molar-refractivity contribution >= 4 is 23.7 Å². The van der Waals surface area contributed by atoms with E-state index in [0.717, 1.165) is 35.3 Å². The first-order chi connectivity index (χ1) is 14.4. The molecule has 158 valence electrons. The number of hydrogen-bond acceptors (Lipinski definition) is 4. The van der Waals surface area contributed by atoms with E-state index in [2.05, 4.69) is 16.5 Å². The van der Waals surface area contributed by atoms with Gasteiger partial charge in [0.25, 0.3) is 5.91 Å². The summed E-state index contributed by atoms with van der Waals surface area (Å²) in [6.45, 7) is 2.24. The van der Waals surface area contributed by atoms with Crippen LogP contribution in [0.1, 0.15) is 43.2 Å². The van der Waals surface area contributed by atoms with Crippen molar-refractivity contribution in [3.8, 4) is 0 Å². The normalized spacial score (nSPS) is 18.3. The first kappa shape index (κ1) is 20.1. The lowest BCUT2D eigenvalue weighted by atomic mass is 9.81. The number of urea groups is 1. The minimum Gasteiger partial charge on any atom is -0.313 e. The molecule has 1 saturated heterocycles. The second kappa shape index (κ2) is 7.93. The van der Waals surface area contributed by atoms with Crippen LogP contribution in [-0.4, -0.2) is 56.6 Å². The SMILES string of the molecule is Cc1cccc(Cn2nccc2NC(=O)CN2C(=O)N(C)C3(CCCCC3)C2=O)c1. The van der Waals surface area contributed by atoms with Crippen LogP contribution >= 0.6 is 0 Å². The topological polar surface area (TPSA) is 87.5 Å². The Morgan fingerprint density at radius 1 is 1.17 bits per heavy atom. The van der Waals surface area contributed by atoms with Gasteiger partial charge in [-0.1, -0.05) is 49.1 Å². The predicted octanol–water partition coefficient (Wildman–Crippen LogP) is 2.78. The van der Waals surface area contributed by atoms with Gasteiger partial charge in [-0.15, -0.1) is 0 Å². The summed E-state index contributed by atoms with van der Waals surface area (Å²) < 4.78 is 1.69. The Balaban J connectivity index is 1.44. The van der Waals surface area contributed by atoms with E-state index >= 15 is 0 Å². The zero-order chi connectivity index (χ0) is 21.3. The van der Waals surface area contributed by atoms with E-state index in [1.165, 1.54) is 4.90 Å². The molecule has 1 aliphatic carbocycles. The quantitative estimate of drug-likeness (QED) is 0.770. The van der Waals surface area contributed by atoms with E-state index in [1.807, 2.05) is 25.1 Å². The summed E-state index contributed by atoms with van der Waals surface area (Å²) in [5, 5.41) is 7.08. The number of carbonyl (C=O) groups excluding carboxylic acids is 3. The summed E-state index contributed by atoms with van der Waals surface area (Å²) in [5.41, 5.74) is 1.44. The smallest absolute Gasteiger partial charge is 0.313 e. The molecule has 1 aromatic carbocycles. The molecule has 1 spiro atoms. The fourth-order valence-corrected chi connectivity index (χ4v) is 4.55. The van der Waals surface area contributed by atoms with Crippen LogP contribution < -0.4 is 5.32 Å². The molecule has 4 rings (SSSR count). The van der Waals surface area contributed by atoms with Gasteiger partial charge in [0.1, 0.15) is 17.9 Å². The van der Waals surface area contributed by atoms with Crippen LogP contribution in [0.25, 0.3) is 0 Å². The lowest BCUT2D eigenvalue weighted by molar-refractivity contribution is -0.136. The van der Waals surface area contributed by atoms with Gasteiger partial charge in [-0.3, -0.25) is 14.5 Å². The molecule has 2 aliphatic rings. The fraction of sp³-hybridized carbons (Fsp3) is 0.455. The van der Waals surface area contributed by atoms with Crippen molar-refractivity contribution in [1.82, 2.24) is 19.6 Å². The standard InChI is InChI=1S/C22H27N5O3/c1-16-7-6-8-17(13-16)14-27-18(9-12-23-27)24-19(28)15-26-20(29)22(25(2)21(26)30)10-4-3-5-11-22/h6-9,12-13H,3-5,10-11,14-15H2,1-2H3,(H,24,28). The van der Waals surface area contributed by atoms with E-state index in [1.54, 1.807) is 24.0 Å². The van der Waals surface area contributed by atoms with Crippen LogP contribution in [0.4, 0.5) is 10.6 Å². The molecule has 0 radical (unpaired) electrons. The molecule has 1 saturated carbocycles. The van der Waals surface area contributed by atoms with Gasteiger partial charge in [0.15, 0.2) is 0 Å². The van der Waals surface area contributed by atoms with Crippen LogP contribution in [0.5, 0.6) is 0 Å². The number of nitrogens with zero attached hydrogens (tertiary/aromatic N) is 4. The Morgan fingerprint density at radius 3 is 2.67 bits per heavy atom. The molecular formula is C22H27N5O3. The monoisotopic (exact) mass is 409 g/mol. The fourth-order valence-electron chi connectivity index (χ4n) is 4.55. The molecule has 8 nitrogen and oxygen atoms in total. The highest BCUT2D eigenvalue weighted by atomic mass is 16.2. The number of hydrogen-bond donors (Lipinski definition) is 1. The number of nitrogens with one attached hydrogen (secondary N) is 1. The molecular weight excluding hydrogens is 382 g/mol. The molecule has 30 heavy (non-hydrogen) atoms. The number of aromatic nitrogens is 2. The number of rotatable bonds is 5. The minimum absolute atomic E-state index is 0.252. The lowest BCUT2D eigenvalue weighted by Gasteiger charge is -2.35. The zero-order valence-corrected chi connectivity index (χ0v) is 17.4. The first-order valence-corrected chi connectivity index (χ1v) is 10.4. The maximum Gasteiger partial charge on any atom is 0.327 e. The third kappa shape index (κ3) is 3.58. The summed E-state index contributed by atoms with van der Waals surface area (Å²) in [6, 6.07) is 9.38. The van der Waals surface area contributed by atoms with E-state index < -0.39 is 17.5 Å². The first-order valence-electron chi connectivity index (χ1n) is 10.4. The second-order valence-corrected chi connectivity index (χ2v) is 8.24. The number of amides is 4. The second-order valence-electron chi connectivity index (χ2n) is 8.24. The zero-order valence-electron chi connectivity index (χ0n) is 17.4. The average Bonchev–Trinajstić information content (AvgIpc) is 3.22. The molecule has 8 heteroatoms. The van der Waals surface area contributed by atoms with Gasteiger partial charge >= 0.3 is 6.03 Å². The van der Waals surface area contributed by atoms with Crippen molar-refractivity contribution in [1.29, 1.82) is 0 Å². The van der Waals surface area contributed by atoms with Gasteiger partial charge in [-0.25, -0.2) is 9.48 Å². The molecule has 1 aliphatic heterocycles. The number of benzene rings is 1. The van der Waals surface area contributed by atoms with Gasteiger partial charge in [0.05, 0.1) is 12.7 Å². The van der Waals surface area contributed by atoms with E-state index in [-0.39, 0.29) is 12.5 Å². The Hall–Kier alpha value is -3.16. The summed E-state index contributed by atoms with van der Waals surface area (Å²) in [5.74, 6) is -0.136. The van der Waals surface area contributed by atoms with Gasteiger partial charge < -0.3 is 10.2 Å². The predicted molar refractivity (Wildman–Crippen MR) is 112 cm³/mol. The largest absolute Gasteiger partial charge is 0.327 e. The highest BCUT2D eigenvalue weighted by molar-refractivity contribution is 6.10. The number of likely N-dealkylation sites (N-methyl/N-ethyl adjacent to an activating group) is 1. The van der Waals surface area contributed by atoms with E-state index in [9.17, 15) is 14.4 Å². The molecule has 0 unspecified atom stereocenters.